The van der Waals surface area contributed by atoms with Crippen molar-refractivity contribution in [3.8, 4) is 0 Å². The van der Waals surface area contributed by atoms with E-state index in [1.165, 1.54) is 0 Å². The third-order valence-electron chi connectivity index (χ3n) is 3.34. The fourth-order valence-corrected chi connectivity index (χ4v) is 2.54. The molecule has 0 aromatic carbocycles. The minimum atomic E-state index is -0.553. The minimum absolute atomic E-state index is 0.0861. The lowest BCUT2D eigenvalue weighted by molar-refractivity contribution is -0.151. The van der Waals surface area contributed by atoms with Gasteiger partial charge in [0.1, 0.15) is 6.04 Å². The number of nitrogens with one attached hydrogen (secondary N) is 1. The van der Waals surface area contributed by atoms with Gasteiger partial charge in [-0.2, -0.15) is 0 Å². The molecule has 5 heteroatoms. The van der Waals surface area contributed by atoms with Gasteiger partial charge in [-0.25, -0.2) is 4.79 Å². The molecule has 0 aliphatic carbocycles. The largest absolute Gasteiger partial charge is 0.464 e. The lowest BCUT2D eigenvalue weighted by Crippen LogP contribution is -2.48. The summed E-state index contributed by atoms with van der Waals surface area (Å²) in [6.07, 6.45) is 3.30. The van der Waals surface area contributed by atoms with Gasteiger partial charge in [0.15, 0.2) is 0 Å². The maximum atomic E-state index is 11.8. The van der Waals surface area contributed by atoms with Gasteiger partial charge in [0.05, 0.1) is 18.8 Å². The summed E-state index contributed by atoms with van der Waals surface area (Å²) in [5.41, 5.74) is 0. The first-order valence-electron chi connectivity index (χ1n) is 6.64. The normalized spacial score (nSPS) is 29.4. The summed E-state index contributed by atoms with van der Waals surface area (Å²) in [6, 6.07) is -0.553. The van der Waals surface area contributed by atoms with Crippen molar-refractivity contribution in [1.82, 2.24) is 5.32 Å². The molecule has 0 aromatic rings. The number of hydrogen-bond donors (Lipinski definition) is 1. The fourth-order valence-electron chi connectivity index (χ4n) is 2.54. The molecule has 5 nitrogen and oxygen atoms in total. The van der Waals surface area contributed by atoms with Gasteiger partial charge >= 0.3 is 5.97 Å². The second kappa shape index (κ2) is 7.36. The van der Waals surface area contributed by atoms with Crippen LogP contribution < -0.4 is 5.32 Å². The highest BCUT2D eigenvalue weighted by molar-refractivity contribution is 5.78. The molecule has 18 heavy (non-hydrogen) atoms. The Labute approximate surface area is 108 Å². The number of hydrogen-bond acceptors (Lipinski definition) is 4. The molecule has 1 heterocycles. The molecule has 1 N–H and O–H groups in total. The third-order valence-corrected chi connectivity index (χ3v) is 3.34. The summed E-state index contributed by atoms with van der Waals surface area (Å²) in [5, 5.41) is 2.59. The molecule has 1 aliphatic heterocycles. The highest BCUT2D eigenvalue weighted by atomic mass is 16.5. The number of carbonyl (C=O) groups excluding carboxylic acids is 2. The number of esters is 1. The smallest absolute Gasteiger partial charge is 0.328 e. The van der Waals surface area contributed by atoms with E-state index in [4.69, 9.17) is 9.47 Å². The number of rotatable bonds is 6. The Hall–Kier alpha value is -1.10. The van der Waals surface area contributed by atoms with Gasteiger partial charge in [0.25, 0.3) is 0 Å². The zero-order valence-corrected chi connectivity index (χ0v) is 11.3. The molecule has 0 bridgehead atoms. The molecule has 0 saturated carbocycles. The second-order valence-corrected chi connectivity index (χ2v) is 4.72. The first-order valence-corrected chi connectivity index (χ1v) is 6.64. The van der Waals surface area contributed by atoms with Gasteiger partial charge in [-0.3, -0.25) is 4.79 Å². The van der Waals surface area contributed by atoms with E-state index in [0.29, 0.717) is 13.0 Å². The second-order valence-electron chi connectivity index (χ2n) is 4.72. The van der Waals surface area contributed by atoms with Gasteiger partial charge in [0, 0.05) is 0 Å². The van der Waals surface area contributed by atoms with Gasteiger partial charge in [-0.05, 0) is 39.0 Å². The van der Waals surface area contributed by atoms with Crippen molar-refractivity contribution in [2.45, 2.75) is 58.3 Å². The van der Waals surface area contributed by atoms with Crippen LogP contribution in [0.15, 0.2) is 0 Å². The maximum absolute atomic E-state index is 11.8. The molecule has 104 valence electrons. The Bertz CT molecular complexity index is 282. The number of ether oxygens (including phenoxy) is 2. The van der Waals surface area contributed by atoms with Crippen LogP contribution in [0.5, 0.6) is 0 Å². The molecule has 4 atom stereocenters. The van der Waals surface area contributed by atoms with Crippen LogP contribution in [-0.4, -0.2) is 37.2 Å². The van der Waals surface area contributed by atoms with Crippen molar-refractivity contribution in [2.75, 3.05) is 6.61 Å². The fraction of sp³-hybridized carbons (Fsp3) is 0.846. The van der Waals surface area contributed by atoms with E-state index in [2.05, 4.69) is 12.2 Å². The summed E-state index contributed by atoms with van der Waals surface area (Å²) in [4.78, 5) is 22.5. The van der Waals surface area contributed by atoms with E-state index < -0.39 is 6.04 Å². The van der Waals surface area contributed by atoms with Crippen LogP contribution in [0.2, 0.25) is 0 Å². The Kier molecular flexibility index (Phi) is 6.12. The summed E-state index contributed by atoms with van der Waals surface area (Å²) in [6.45, 7) is 6.15. The van der Waals surface area contributed by atoms with Crippen molar-refractivity contribution in [3.05, 3.63) is 0 Å². The van der Waals surface area contributed by atoms with Crippen LogP contribution in [0, 0.1) is 5.92 Å². The van der Waals surface area contributed by atoms with E-state index >= 15 is 0 Å². The Balaban J connectivity index is 2.71. The lowest BCUT2D eigenvalue weighted by Gasteiger charge is -2.36. The molecule has 1 fully saturated rings. The molecule has 1 saturated heterocycles. The summed E-state index contributed by atoms with van der Waals surface area (Å²) >= 11 is 0. The number of carbonyl (C=O) groups is 2. The SMILES string of the molecule is CCOC(=O)[C@H](NC=O)[C@@H]1C[C@@H](CC)O[C@H](C)C1. The van der Waals surface area contributed by atoms with Crippen LogP contribution in [0.3, 0.4) is 0 Å². The molecular weight excluding hydrogens is 234 g/mol. The van der Waals surface area contributed by atoms with Gasteiger partial charge in [-0.1, -0.05) is 6.92 Å². The summed E-state index contributed by atoms with van der Waals surface area (Å²) in [5.74, 6) is -0.262. The van der Waals surface area contributed by atoms with Crippen LogP contribution in [0.4, 0.5) is 0 Å². The van der Waals surface area contributed by atoms with Crippen molar-refractivity contribution >= 4 is 12.4 Å². The van der Waals surface area contributed by atoms with Crippen molar-refractivity contribution < 1.29 is 19.1 Å². The quantitative estimate of drug-likeness (QED) is 0.574. The predicted octanol–water partition coefficient (Wildman–Crippen LogP) is 1.26. The Morgan fingerprint density at radius 1 is 1.50 bits per heavy atom. The average molecular weight is 257 g/mol. The standard InChI is InChI=1S/C13H23NO4/c1-4-11-7-10(6-9(3)18-11)12(14-8-15)13(16)17-5-2/h8-12H,4-7H2,1-3H3,(H,14,15)/t9-,10+,11-,12-/m1/s1. The van der Waals surface area contributed by atoms with Crippen molar-refractivity contribution in [3.63, 3.8) is 0 Å². The van der Waals surface area contributed by atoms with E-state index in [0.717, 1.165) is 19.3 Å². The topological polar surface area (TPSA) is 64.6 Å². The molecule has 0 radical (unpaired) electrons. The molecule has 1 rings (SSSR count). The molecule has 1 amide bonds. The van der Waals surface area contributed by atoms with E-state index in [1.807, 2.05) is 6.92 Å². The summed E-state index contributed by atoms with van der Waals surface area (Å²) < 4.78 is 10.8. The van der Waals surface area contributed by atoms with Crippen LogP contribution in [0.1, 0.15) is 40.0 Å². The van der Waals surface area contributed by atoms with E-state index in [1.54, 1.807) is 6.92 Å². The zero-order chi connectivity index (χ0) is 13.5. The highest BCUT2D eigenvalue weighted by Crippen LogP contribution is 2.29. The van der Waals surface area contributed by atoms with E-state index in [-0.39, 0.29) is 24.1 Å². The number of amides is 1. The van der Waals surface area contributed by atoms with Crippen LogP contribution in [-0.2, 0) is 19.1 Å². The predicted molar refractivity (Wildman–Crippen MR) is 67.0 cm³/mol. The zero-order valence-electron chi connectivity index (χ0n) is 11.3. The molecule has 0 unspecified atom stereocenters. The first kappa shape index (κ1) is 15.0. The Morgan fingerprint density at radius 2 is 2.22 bits per heavy atom. The monoisotopic (exact) mass is 257 g/mol. The minimum Gasteiger partial charge on any atom is -0.464 e. The molecule has 1 aliphatic rings. The van der Waals surface area contributed by atoms with Gasteiger partial charge < -0.3 is 14.8 Å². The van der Waals surface area contributed by atoms with Crippen molar-refractivity contribution in [2.24, 2.45) is 5.92 Å². The van der Waals surface area contributed by atoms with Crippen molar-refractivity contribution in [1.29, 1.82) is 0 Å². The lowest BCUT2D eigenvalue weighted by atomic mass is 9.85. The summed E-state index contributed by atoms with van der Waals surface area (Å²) in [7, 11) is 0. The van der Waals surface area contributed by atoms with Gasteiger partial charge in [0.2, 0.25) is 6.41 Å². The van der Waals surface area contributed by atoms with Crippen LogP contribution in [0.25, 0.3) is 0 Å². The Morgan fingerprint density at radius 3 is 2.78 bits per heavy atom. The third kappa shape index (κ3) is 3.98. The maximum Gasteiger partial charge on any atom is 0.328 e. The first-order chi connectivity index (χ1) is 8.62. The molecular formula is C13H23NO4. The highest BCUT2D eigenvalue weighted by Gasteiger charge is 2.35. The molecule has 0 spiro atoms. The average Bonchev–Trinajstić information content (AvgIpc) is 2.35. The van der Waals surface area contributed by atoms with E-state index in [9.17, 15) is 9.59 Å². The van der Waals surface area contributed by atoms with Gasteiger partial charge in [-0.15, -0.1) is 0 Å². The molecule has 0 aromatic heterocycles. The van der Waals surface area contributed by atoms with Crippen LogP contribution >= 0.6 is 0 Å².